The zero-order valence-electron chi connectivity index (χ0n) is 11.5. The van der Waals surface area contributed by atoms with Crippen LogP contribution < -0.4 is 5.32 Å². The normalized spacial score (nSPS) is 20.5. The van der Waals surface area contributed by atoms with Crippen LogP contribution in [0.2, 0.25) is 0 Å². The number of anilines is 1. The lowest BCUT2D eigenvalue weighted by atomic mass is 10.2. The first kappa shape index (κ1) is 14.7. The number of hydrogen-bond acceptors (Lipinski definition) is 5. The molecule has 0 spiro atoms. The number of ether oxygens (including phenoxy) is 1. The lowest BCUT2D eigenvalue weighted by Gasteiger charge is -2.32. The van der Waals surface area contributed by atoms with E-state index in [4.69, 9.17) is 4.74 Å². The first-order valence-electron chi connectivity index (χ1n) is 6.82. The molecule has 2 heterocycles. The Kier molecular flexibility index (Phi) is 5.54. The Morgan fingerprint density at radius 3 is 3.05 bits per heavy atom. The van der Waals surface area contributed by atoms with Gasteiger partial charge in [0, 0.05) is 32.1 Å². The van der Waals surface area contributed by atoms with Gasteiger partial charge in [0.15, 0.2) is 0 Å². The van der Waals surface area contributed by atoms with Crippen LogP contribution in [0.5, 0.6) is 0 Å². The van der Waals surface area contributed by atoms with Gasteiger partial charge in [-0.15, -0.1) is 0 Å². The molecule has 5 nitrogen and oxygen atoms in total. The average molecular weight is 329 g/mol. The van der Waals surface area contributed by atoms with Crippen LogP contribution in [0.25, 0.3) is 0 Å². The molecule has 0 aliphatic carbocycles. The van der Waals surface area contributed by atoms with Crippen LogP contribution in [0.3, 0.4) is 0 Å². The van der Waals surface area contributed by atoms with Gasteiger partial charge in [-0.05, 0) is 22.5 Å². The van der Waals surface area contributed by atoms with E-state index >= 15 is 0 Å². The molecule has 106 valence electrons. The second kappa shape index (κ2) is 7.17. The van der Waals surface area contributed by atoms with Crippen molar-refractivity contribution in [2.24, 2.45) is 0 Å². The third kappa shape index (κ3) is 4.40. The Bertz CT molecular complexity index is 416. The molecule has 1 unspecified atom stereocenters. The van der Waals surface area contributed by atoms with E-state index in [1.165, 1.54) is 0 Å². The van der Waals surface area contributed by atoms with Crippen molar-refractivity contribution >= 4 is 21.7 Å². The van der Waals surface area contributed by atoms with E-state index in [-0.39, 0.29) is 6.10 Å². The summed E-state index contributed by atoms with van der Waals surface area (Å²) in [6.45, 7) is 8.93. The lowest BCUT2D eigenvalue weighted by molar-refractivity contribution is -0.0192. The minimum Gasteiger partial charge on any atom is -0.374 e. The van der Waals surface area contributed by atoms with Crippen LogP contribution in [-0.4, -0.2) is 53.8 Å². The van der Waals surface area contributed by atoms with Gasteiger partial charge in [0.2, 0.25) is 0 Å². The van der Waals surface area contributed by atoms with E-state index in [0.29, 0.717) is 0 Å². The molecule has 0 radical (unpaired) electrons. The predicted octanol–water partition coefficient (Wildman–Crippen LogP) is 1.93. The van der Waals surface area contributed by atoms with Crippen molar-refractivity contribution in [3.05, 3.63) is 16.5 Å². The van der Waals surface area contributed by atoms with Crippen LogP contribution in [0.1, 0.15) is 19.7 Å². The third-order valence-corrected chi connectivity index (χ3v) is 3.64. The fourth-order valence-electron chi connectivity index (χ4n) is 2.12. The smallest absolute Gasteiger partial charge is 0.131 e. The van der Waals surface area contributed by atoms with Crippen molar-refractivity contribution in [3.8, 4) is 0 Å². The number of aromatic nitrogens is 2. The van der Waals surface area contributed by atoms with Gasteiger partial charge in [-0.3, -0.25) is 4.90 Å². The second-order valence-electron chi connectivity index (χ2n) is 4.61. The highest BCUT2D eigenvalue weighted by Crippen LogP contribution is 2.13. The molecule has 0 amide bonds. The molecule has 1 fully saturated rings. The number of likely N-dealkylation sites (N-methyl/N-ethyl adjacent to an activating group) is 1. The number of nitrogens with one attached hydrogen (secondary N) is 1. The van der Waals surface area contributed by atoms with Crippen molar-refractivity contribution in [1.82, 2.24) is 14.9 Å². The average Bonchev–Trinajstić information content (AvgIpc) is 2.44. The summed E-state index contributed by atoms with van der Waals surface area (Å²) in [5.74, 6) is 1.70. The van der Waals surface area contributed by atoms with E-state index in [1.807, 2.05) is 6.07 Å². The monoisotopic (exact) mass is 328 g/mol. The summed E-state index contributed by atoms with van der Waals surface area (Å²) in [5.41, 5.74) is 0. The van der Waals surface area contributed by atoms with Crippen molar-refractivity contribution < 1.29 is 4.74 Å². The van der Waals surface area contributed by atoms with Gasteiger partial charge < -0.3 is 10.1 Å². The molecule has 1 aliphatic heterocycles. The largest absolute Gasteiger partial charge is 0.374 e. The molecular formula is C13H21BrN4O. The van der Waals surface area contributed by atoms with Crippen molar-refractivity contribution in [3.63, 3.8) is 0 Å². The number of aryl methyl sites for hydroxylation is 1. The quantitative estimate of drug-likeness (QED) is 0.837. The SMILES string of the molecule is CCc1nc(Br)cc(NCC2CN(CC)CCO2)n1. The third-order valence-electron chi connectivity index (χ3n) is 3.24. The Morgan fingerprint density at radius 2 is 2.32 bits per heavy atom. The van der Waals surface area contributed by atoms with Crippen LogP contribution in [0.4, 0.5) is 5.82 Å². The number of nitrogens with zero attached hydrogens (tertiary/aromatic N) is 3. The molecule has 1 atom stereocenters. The zero-order valence-corrected chi connectivity index (χ0v) is 13.1. The molecule has 1 aromatic heterocycles. The summed E-state index contributed by atoms with van der Waals surface area (Å²) < 4.78 is 6.58. The standard InChI is InChI=1S/C13H21BrN4O/c1-3-12-16-11(14)7-13(17-12)15-8-10-9-18(4-2)5-6-19-10/h7,10H,3-6,8-9H2,1-2H3,(H,15,16,17). The number of halogens is 1. The van der Waals surface area contributed by atoms with Crippen LogP contribution in [0, 0.1) is 0 Å². The Labute approximate surface area is 122 Å². The van der Waals surface area contributed by atoms with Crippen LogP contribution in [-0.2, 0) is 11.2 Å². The fraction of sp³-hybridized carbons (Fsp3) is 0.692. The topological polar surface area (TPSA) is 50.3 Å². The van der Waals surface area contributed by atoms with E-state index in [9.17, 15) is 0 Å². The molecular weight excluding hydrogens is 308 g/mol. The van der Waals surface area contributed by atoms with Gasteiger partial charge in [-0.25, -0.2) is 9.97 Å². The summed E-state index contributed by atoms with van der Waals surface area (Å²) in [5, 5.41) is 3.34. The van der Waals surface area contributed by atoms with E-state index in [2.05, 4.69) is 50.0 Å². The molecule has 2 rings (SSSR count). The van der Waals surface area contributed by atoms with Crippen molar-refractivity contribution in [1.29, 1.82) is 0 Å². The van der Waals surface area contributed by atoms with E-state index in [0.717, 1.165) is 55.5 Å². The Balaban J connectivity index is 1.89. The maximum absolute atomic E-state index is 5.76. The highest BCUT2D eigenvalue weighted by atomic mass is 79.9. The molecule has 0 bridgehead atoms. The number of hydrogen-bond donors (Lipinski definition) is 1. The van der Waals surface area contributed by atoms with Gasteiger partial charge in [0.05, 0.1) is 12.7 Å². The number of rotatable bonds is 5. The lowest BCUT2D eigenvalue weighted by Crippen LogP contribution is -2.45. The van der Waals surface area contributed by atoms with Gasteiger partial charge in [-0.2, -0.15) is 0 Å². The maximum atomic E-state index is 5.76. The fourth-order valence-corrected chi connectivity index (χ4v) is 2.54. The molecule has 0 saturated carbocycles. The highest BCUT2D eigenvalue weighted by molar-refractivity contribution is 9.10. The summed E-state index contributed by atoms with van der Waals surface area (Å²) in [7, 11) is 0. The number of morpholine rings is 1. The maximum Gasteiger partial charge on any atom is 0.131 e. The molecule has 6 heteroatoms. The van der Waals surface area contributed by atoms with Crippen molar-refractivity contribution in [2.45, 2.75) is 26.4 Å². The Morgan fingerprint density at radius 1 is 1.47 bits per heavy atom. The summed E-state index contributed by atoms with van der Waals surface area (Å²) in [6, 6.07) is 1.90. The molecule has 1 N–H and O–H groups in total. The molecule has 1 saturated heterocycles. The van der Waals surface area contributed by atoms with Gasteiger partial charge >= 0.3 is 0 Å². The predicted molar refractivity (Wildman–Crippen MR) is 79.5 cm³/mol. The van der Waals surface area contributed by atoms with Gasteiger partial charge in [-0.1, -0.05) is 13.8 Å². The second-order valence-corrected chi connectivity index (χ2v) is 5.43. The molecule has 1 aromatic rings. The summed E-state index contributed by atoms with van der Waals surface area (Å²) >= 11 is 3.41. The molecule has 19 heavy (non-hydrogen) atoms. The van der Waals surface area contributed by atoms with E-state index < -0.39 is 0 Å². The van der Waals surface area contributed by atoms with Gasteiger partial charge in [0.1, 0.15) is 16.2 Å². The minimum absolute atomic E-state index is 0.229. The van der Waals surface area contributed by atoms with Crippen LogP contribution >= 0.6 is 15.9 Å². The van der Waals surface area contributed by atoms with Crippen LogP contribution in [0.15, 0.2) is 10.7 Å². The van der Waals surface area contributed by atoms with Crippen molar-refractivity contribution in [2.75, 3.05) is 38.1 Å². The molecule has 0 aromatic carbocycles. The Hall–Kier alpha value is -0.720. The zero-order chi connectivity index (χ0) is 13.7. The van der Waals surface area contributed by atoms with E-state index in [1.54, 1.807) is 0 Å². The summed E-state index contributed by atoms with van der Waals surface area (Å²) in [4.78, 5) is 11.2. The molecule has 1 aliphatic rings. The van der Waals surface area contributed by atoms with Gasteiger partial charge in [0.25, 0.3) is 0 Å². The minimum atomic E-state index is 0.229. The first-order chi connectivity index (χ1) is 9.21. The highest BCUT2D eigenvalue weighted by Gasteiger charge is 2.19. The first-order valence-corrected chi connectivity index (χ1v) is 7.61. The summed E-state index contributed by atoms with van der Waals surface area (Å²) in [6.07, 6.45) is 1.06.